The molecule has 1 aromatic carbocycles. The molecule has 2 unspecified atom stereocenters. The van der Waals surface area contributed by atoms with Crippen LogP contribution in [0.4, 0.5) is 0 Å². The van der Waals surface area contributed by atoms with Gasteiger partial charge in [0.1, 0.15) is 5.69 Å². The Morgan fingerprint density at radius 3 is 2.72 bits per heavy atom. The highest BCUT2D eigenvalue weighted by molar-refractivity contribution is 5.92. The van der Waals surface area contributed by atoms with Crippen molar-refractivity contribution in [3.63, 3.8) is 0 Å². The smallest absolute Gasteiger partial charge is 0.244 e. The van der Waals surface area contributed by atoms with E-state index >= 15 is 0 Å². The number of carbonyl (C=O) groups is 1. The maximum atomic E-state index is 12.9. The highest BCUT2D eigenvalue weighted by Crippen LogP contribution is 2.24. The van der Waals surface area contributed by atoms with Gasteiger partial charge in [-0.15, -0.1) is 0 Å². The highest BCUT2D eigenvalue weighted by atomic mass is 16.5. The zero-order valence-electron chi connectivity index (χ0n) is 20.5. The van der Waals surface area contributed by atoms with E-state index in [0.717, 1.165) is 68.3 Å². The number of benzene rings is 1. The number of amides is 1. The average Bonchev–Trinajstić information content (AvgIpc) is 3.60. The molecule has 1 amide bonds. The van der Waals surface area contributed by atoms with Crippen molar-refractivity contribution in [3.8, 4) is 11.3 Å². The zero-order chi connectivity index (χ0) is 24.6. The Kier molecular flexibility index (Phi) is 8.17. The Morgan fingerprint density at radius 1 is 1.11 bits per heavy atom. The van der Waals surface area contributed by atoms with Crippen LogP contribution < -0.4 is 5.32 Å². The Balaban J connectivity index is 1.28. The van der Waals surface area contributed by atoms with Crippen molar-refractivity contribution in [2.75, 3.05) is 46.1 Å². The average molecular weight is 488 g/mol. The van der Waals surface area contributed by atoms with Crippen LogP contribution in [0.3, 0.4) is 0 Å². The molecule has 0 radical (unpaired) electrons. The first kappa shape index (κ1) is 24.4. The molecule has 0 aliphatic carbocycles. The van der Waals surface area contributed by atoms with Gasteiger partial charge in [0.2, 0.25) is 5.91 Å². The molecule has 3 aromatic rings. The molecule has 4 heterocycles. The van der Waals surface area contributed by atoms with E-state index in [0.29, 0.717) is 19.0 Å². The van der Waals surface area contributed by atoms with Crippen LogP contribution in [0.5, 0.6) is 0 Å². The third-order valence-electron chi connectivity index (χ3n) is 6.84. The van der Waals surface area contributed by atoms with Crippen LogP contribution in [-0.4, -0.2) is 77.7 Å². The molecule has 8 nitrogen and oxygen atoms in total. The van der Waals surface area contributed by atoms with Crippen LogP contribution in [0.1, 0.15) is 17.5 Å². The summed E-state index contributed by atoms with van der Waals surface area (Å²) in [5.74, 6) is 0.320. The summed E-state index contributed by atoms with van der Waals surface area (Å²) in [7, 11) is 0. The molecule has 0 saturated carbocycles. The van der Waals surface area contributed by atoms with E-state index in [2.05, 4.69) is 27.3 Å². The number of ether oxygens (including phenoxy) is 2. The second-order valence-electron chi connectivity index (χ2n) is 9.28. The number of hydrogen-bond acceptors (Lipinski definition) is 6. The summed E-state index contributed by atoms with van der Waals surface area (Å²) in [5, 5.41) is 7.93. The molecule has 2 aromatic heterocycles. The molecule has 2 aliphatic rings. The van der Waals surface area contributed by atoms with Crippen molar-refractivity contribution in [2.24, 2.45) is 5.92 Å². The van der Waals surface area contributed by atoms with E-state index < -0.39 is 0 Å². The number of nitrogens with zero attached hydrogens (tertiary/aromatic N) is 4. The van der Waals surface area contributed by atoms with Crippen molar-refractivity contribution in [3.05, 3.63) is 78.3 Å². The number of pyridine rings is 1. The minimum absolute atomic E-state index is 0.111. The normalized spacial score (nSPS) is 19.5. The summed E-state index contributed by atoms with van der Waals surface area (Å²) in [6.45, 7) is 6.05. The summed E-state index contributed by atoms with van der Waals surface area (Å²) in [4.78, 5) is 19.5. The number of morpholine rings is 1. The molecule has 0 spiro atoms. The van der Waals surface area contributed by atoms with Gasteiger partial charge in [-0.2, -0.15) is 5.10 Å². The third kappa shape index (κ3) is 6.26. The zero-order valence-corrected chi connectivity index (χ0v) is 20.5. The Labute approximate surface area is 211 Å². The molecular formula is C28H33N5O3. The van der Waals surface area contributed by atoms with Crippen molar-refractivity contribution >= 4 is 12.0 Å². The van der Waals surface area contributed by atoms with E-state index in [1.807, 2.05) is 47.3 Å². The first-order valence-corrected chi connectivity index (χ1v) is 12.6. The van der Waals surface area contributed by atoms with Gasteiger partial charge < -0.3 is 14.8 Å². The Bertz CT molecular complexity index is 1140. The molecule has 8 heteroatoms. The SMILES string of the molecule is O=C(/C=C/c1cn(Cc2ccccc2)nc1-c1cccnc1)NCC(C1CCOC1)N1CCOCC1. The first-order chi connectivity index (χ1) is 17.8. The van der Waals surface area contributed by atoms with E-state index in [4.69, 9.17) is 14.6 Å². The fourth-order valence-corrected chi connectivity index (χ4v) is 4.93. The van der Waals surface area contributed by atoms with Crippen molar-refractivity contribution in [1.82, 2.24) is 25.0 Å². The molecule has 2 fully saturated rings. The third-order valence-corrected chi connectivity index (χ3v) is 6.84. The summed E-state index contributed by atoms with van der Waals surface area (Å²) in [5.41, 5.74) is 3.76. The molecule has 36 heavy (non-hydrogen) atoms. The second kappa shape index (κ2) is 12.1. The summed E-state index contributed by atoms with van der Waals surface area (Å²) in [6, 6.07) is 14.3. The van der Waals surface area contributed by atoms with E-state index in [-0.39, 0.29) is 11.9 Å². The van der Waals surface area contributed by atoms with Crippen LogP contribution in [0, 0.1) is 5.92 Å². The van der Waals surface area contributed by atoms with Gasteiger partial charge in [-0.3, -0.25) is 19.4 Å². The van der Waals surface area contributed by atoms with Crippen molar-refractivity contribution in [2.45, 2.75) is 19.0 Å². The molecule has 1 N–H and O–H groups in total. The summed E-state index contributed by atoms with van der Waals surface area (Å²) >= 11 is 0. The lowest BCUT2D eigenvalue weighted by atomic mass is 9.97. The van der Waals surface area contributed by atoms with Crippen LogP contribution in [-0.2, 0) is 20.8 Å². The molecule has 188 valence electrons. The lowest BCUT2D eigenvalue weighted by Gasteiger charge is -2.37. The van der Waals surface area contributed by atoms with Crippen LogP contribution in [0.2, 0.25) is 0 Å². The molecule has 0 bridgehead atoms. The van der Waals surface area contributed by atoms with E-state index in [1.54, 1.807) is 18.5 Å². The summed E-state index contributed by atoms with van der Waals surface area (Å²) < 4.78 is 13.1. The monoisotopic (exact) mass is 487 g/mol. The first-order valence-electron chi connectivity index (χ1n) is 12.6. The minimum Gasteiger partial charge on any atom is -0.381 e. The van der Waals surface area contributed by atoms with Gasteiger partial charge in [0.05, 0.1) is 26.4 Å². The van der Waals surface area contributed by atoms with Gasteiger partial charge in [0.15, 0.2) is 0 Å². The standard InChI is InChI=1S/C28H33N5O3/c34-27(30-18-26(25-10-14-36-21-25)32-12-15-35-16-13-32)9-8-24-20-33(19-22-5-2-1-3-6-22)31-28(24)23-7-4-11-29-17-23/h1-9,11,17,20,25-26H,10,12-16,18-19,21H2,(H,30,34)/b9-8+. The fraction of sp³-hybridized carbons (Fsp3) is 0.393. The number of carbonyl (C=O) groups excluding carboxylic acids is 1. The predicted molar refractivity (Wildman–Crippen MR) is 138 cm³/mol. The molecule has 5 rings (SSSR count). The van der Waals surface area contributed by atoms with E-state index in [9.17, 15) is 4.79 Å². The van der Waals surface area contributed by atoms with Gasteiger partial charge in [-0.1, -0.05) is 30.3 Å². The number of aromatic nitrogens is 3. The van der Waals surface area contributed by atoms with Crippen molar-refractivity contribution in [1.29, 1.82) is 0 Å². The Morgan fingerprint density at radius 2 is 1.97 bits per heavy atom. The predicted octanol–water partition coefficient (Wildman–Crippen LogP) is 2.86. The number of nitrogens with one attached hydrogen (secondary N) is 1. The van der Waals surface area contributed by atoms with Crippen LogP contribution in [0.15, 0.2) is 67.1 Å². The highest BCUT2D eigenvalue weighted by Gasteiger charge is 2.31. The van der Waals surface area contributed by atoms with Gasteiger partial charge in [0, 0.05) is 74.0 Å². The quantitative estimate of drug-likeness (QED) is 0.468. The minimum atomic E-state index is -0.111. The second-order valence-corrected chi connectivity index (χ2v) is 9.28. The fourth-order valence-electron chi connectivity index (χ4n) is 4.93. The maximum Gasteiger partial charge on any atom is 0.244 e. The maximum absolute atomic E-state index is 12.9. The number of rotatable bonds is 9. The Hall–Kier alpha value is -3.33. The van der Waals surface area contributed by atoms with Gasteiger partial charge >= 0.3 is 0 Å². The van der Waals surface area contributed by atoms with E-state index in [1.165, 1.54) is 0 Å². The molecule has 2 saturated heterocycles. The molecule has 2 aliphatic heterocycles. The largest absolute Gasteiger partial charge is 0.381 e. The molecular weight excluding hydrogens is 454 g/mol. The van der Waals surface area contributed by atoms with Crippen LogP contribution in [0.25, 0.3) is 17.3 Å². The van der Waals surface area contributed by atoms with Gasteiger partial charge in [0.25, 0.3) is 0 Å². The van der Waals surface area contributed by atoms with Gasteiger partial charge in [-0.05, 0) is 30.2 Å². The topological polar surface area (TPSA) is 81.5 Å². The lowest BCUT2D eigenvalue weighted by Crippen LogP contribution is -2.52. The number of hydrogen-bond donors (Lipinski definition) is 1. The van der Waals surface area contributed by atoms with Gasteiger partial charge in [-0.25, -0.2) is 0 Å². The van der Waals surface area contributed by atoms with Crippen LogP contribution >= 0.6 is 0 Å². The lowest BCUT2D eigenvalue weighted by molar-refractivity contribution is -0.116. The molecule has 2 atom stereocenters. The summed E-state index contributed by atoms with van der Waals surface area (Å²) in [6.07, 6.45) is 9.99. The van der Waals surface area contributed by atoms with Crippen molar-refractivity contribution < 1.29 is 14.3 Å².